The molecule has 0 aliphatic rings. The van der Waals surface area contributed by atoms with Crippen molar-refractivity contribution in [2.75, 3.05) is 14.1 Å². The predicted molar refractivity (Wildman–Crippen MR) is 115 cm³/mol. The topological polar surface area (TPSA) is 80.8 Å². The maximum Gasteiger partial charge on any atom is 0.449 e. The van der Waals surface area contributed by atoms with Gasteiger partial charge in [-0.25, -0.2) is 17.5 Å². The van der Waals surface area contributed by atoms with Crippen molar-refractivity contribution in [2.45, 2.75) is 11.1 Å². The SMILES string of the molecule is CN(C)S(=O)(=O)c1ccc(C(=O)OC(=CC(=O)c2ccc3ccccc3c2)C(F)(F)F)cc1. The lowest BCUT2D eigenvalue weighted by Gasteiger charge is -2.13. The first kappa shape index (κ1) is 24.1. The molecule has 0 aromatic heterocycles. The van der Waals surface area contributed by atoms with Crippen LogP contribution < -0.4 is 0 Å². The molecule has 172 valence electrons. The number of rotatable bonds is 6. The molecule has 0 heterocycles. The second-order valence-corrected chi connectivity index (χ2v) is 9.29. The van der Waals surface area contributed by atoms with Crippen molar-refractivity contribution in [3.8, 4) is 0 Å². The molecule has 0 spiro atoms. The molecule has 0 unspecified atom stereocenters. The summed E-state index contributed by atoms with van der Waals surface area (Å²) in [6, 6.07) is 15.6. The van der Waals surface area contributed by atoms with Gasteiger partial charge in [0.05, 0.1) is 10.5 Å². The first-order valence-corrected chi connectivity index (χ1v) is 10.9. The molecule has 0 aliphatic heterocycles. The minimum atomic E-state index is -5.11. The van der Waals surface area contributed by atoms with Crippen LogP contribution in [-0.4, -0.2) is 44.7 Å². The Labute approximate surface area is 187 Å². The largest absolute Gasteiger partial charge is 0.449 e. The first-order valence-electron chi connectivity index (χ1n) is 9.46. The third-order valence-electron chi connectivity index (χ3n) is 4.65. The summed E-state index contributed by atoms with van der Waals surface area (Å²) in [5.74, 6) is -4.16. The lowest BCUT2D eigenvalue weighted by atomic mass is 10.0. The van der Waals surface area contributed by atoms with E-state index in [0.29, 0.717) is 5.39 Å². The molecule has 0 atom stereocenters. The molecule has 0 radical (unpaired) electrons. The molecule has 0 N–H and O–H groups in total. The van der Waals surface area contributed by atoms with Crippen molar-refractivity contribution < 1.29 is 35.9 Å². The van der Waals surface area contributed by atoms with Gasteiger partial charge in [0.1, 0.15) is 0 Å². The summed E-state index contributed by atoms with van der Waals surface area (Å²) in [7, 11) is -1.16. The molecule has 0 amide bonds. The lowest BCUT2D eigenvalue weighted by molar-refractivity contribution is -0.122. The van der Waals surface area contributed by atoms with Crippen LogP contribution in [0.5, 0.6) is 0 Å². The first-order chi connectivity index (χ1) is 15.4. The third-order valence-corrected chi connectivity index (χ3v) is 6.48. The highest BCUT2D eigenvalue weighted by Crippen LogP contribution is 2.28. The summed E-state index contributed by atoms with van der Waals surface area (Å²) in [4.78, 5) is 24.5. The summed E-state index contributed by atoms with van der Waals surface area (Å²) in [5.41, 5.74) is -0.328. The van der Waals surface area contributed by atoms with E-state index < -0.39 is 33.7 Å². The van der Waals surface area contributed by atoms with E-state index in [0.717, 1.165) is 34.0 Å². The number of carbonyl (C=O) groups is 2. The van der Waals surface area contributed by atoms with Gasteiger partial charge in [0, 0.05) is 25.7 Å². The van der Waals surface area contributed by atoms with E-state index in [4.69, 9.17) is 0 Å². The van der Waals surface area contributed by atoms with Crippen LogP contribution in [0.1, 0.15) is 20.7 Å². The van der Waals surface area contributed by atoms with Gasteiger partial charge >= 0.3 is 12.1 Å². The van der Waals surface area contributed by atoms with Gasteiger partial charge in [0.15, 0.2) is 5.78 Å². The molecule has 10 heteroatoms. The highest BCUT2D eigenvalue weighted by Gasteiger charge is 2.38. The average Bonchev–Trinajstić information content (AvgIpc) is 2.77. The lowest BCUT2D eigenvalue weighted by Crippen LogP contribution is -2.22. The molecular formula is C23H18F3NO5S. The van der Waals surface area contributed by atoms with Crippen LogP contribution in [0.3, 0.4) is 0 Å². The zero-order chi connectivity index (χ0) is 24.4. The number of allylic oxidation sites excluding steroid dienone is 2. The Morgan fingerprint density at radius 1 is 0.879 bits per heavy atom. The van der Waals surface area contributed by atoms with Crippen LogP contribution in [0.4, 0.5) is 13.2 Å². The summed E-state index contributed by atoms with van der Waals surface area (Å²) in [6.45, 7) is 0. The predicted octanol–water partition coefficient (Wildman–Crippen LogP) is 4.58. The number of sulfonamides is 1. The Balaban J connectivity index is 1.86. The van der Waals surface area contributed by atoms with E-state index in [1.807, 2.05) is 0 Å². The van der Waals surface area contributed by atoms with Crippen LogP contribution >= 0.6 is 0 Å². The summed E-state index contributed by atoms with van der Waals surface area (Å²) in [5, 5.41) is 1.47. The molecule has 6 nitrogen and oxygen atoms in total. The van der Waals surface area contributed by atoms with Gasteiger partial charge in [-0.15, -0.1) is 0 Å². The molecule has 0 aliphatic carbocycles. The highest BCUT2D eigenvalue weighted by atomic mass is 32.2. The number of hydrogen-bond acceptors (Lipinski definition) is 5. The Hall–Kier alpha value is -3.50. The quantitative estimate of drug-likeness (QED) is 0.225. The van der Waals surface area contributed by atoms with Gasteiger partial charge in [-0.3, -0.25) is 4.79 Å². The van der Waals surface area contributed by atoms with E-state index in [1.54, 1.807) is 30.3 Å². The molecule has 3 rings (SSSR count). The van der Waals surface area contributed by atoms with E-state index in [-0.39, 0.29) is 22.1 Å². The summed E-state index contributed by atoms with van der Waals surface area (Å²) in [6.07, 6.45) is -4.90. The van der Waals surface area contributed by atoms with Crippen LogP contribution in [-0.2, 0) is 14.8 Å². The molecule has 0 saturated heterocycles. The van der Waals surface area contributed by atoms with Crippen molar-refractivity contribution in [1.82, 2.24) is 4.31 Å². The number of ether oxygens (including phenoxy) is 1. The second-order valence-electron chi connectivity index (χ2n) is 7.13. The van der Waals surface area contributed by atoms with Crippen LogP contribution in [0.15, 0.2) is 83.5 Å². The van der Waals surface area contributed by atoms with Gasteiger partial charge < -0.3 is 4.74 Å². The van der Waals surface area contributed by atoms with E-state index in [1.165, 1.54) is 26.2 Å². The fraction of sp³-hybridized carbons (Fsp3) is 0.130. The Morgan fingerprint density at radius 2 is 1.45 bits per heavy atom. The van der Waals surface area contributed by atoms with Gasteiger partial charge in [-0.05, 0) is 41.1 Å². The minimum absolute atomic E-state index is 0.00950. The second kappa shape index (κ2) is 9.16. The minimum Gasteiger partial charge on any atom is -0.418 e. The Kier molecular flexibility index (Phi) is 6.71. The number of nitrogens with zero attached hydrogens (tertiary/aromatic N) is 1. The summed E-state index contributed by atoms with van der Waals surface area (Å²) >= 11 is 0. The number of carbonyl (C=O) groups excluding carboxylic acids is 2. The Bertz CT molecular complexity index is 1340. The van der Waals surface area contributed by atoms with E-state index in [9.17, 15) is 31.2 Å². The zero-order valence-corrected chi connectivity index (χ0v) is 18.3. The van der Waals surface area contributed by atoms with E-state index in [2.05, 4.69) is 4.74 Å². The summed E-state index contributed by atoms with van der Waals surface area (Å²) < 4.78 is 69.9. The van der Waals surface area contributed by atoms with Gasteiger partial charge in [-0.1, -0.05) is 36.4 Å². The maximum absolute atomic E-state index is 13.5. The Morgan fingerprint density at radius 3 is 2.03 bits per heavy atom. The van der Waals surface area contributed by atoms with Gasteiger partial charge in [0.25, 0.3) is 0 Å². The number of fused-ring (bicyclic) bond motifs is 1. The molecule has 3 aromatic carbocycles. The average molecular weight is 477 g/mol. The number of esters is 1. The molecule has 0 saturated carbocycles. The molecular weight excluding hydrogens is 459 g/mol. The normalized spacial score (nSPS) is 12.7. The molecule has 0 bridgehead atoms. The fourth-order valence-corrected chi connectivity index (χ4v) is 3.75. The van der Waals surface area contributed by atoms with Crippen molar-refractivity contribution >= 4 is 32.5 Å². The number of hydrogen-bond donors (Lipinski definition) is 0. The molecule has 0 fully saturated rings. The van der Waals surface area contributed by atoms with Crippen LogP contribution in [0.25, 0.3) is 10.8 Å². The number of ketones is 1. The monoisotopic (exact) mass is 477 g/mol. The molecule has 3 aromatic rings. The third kappa shape index (κ3) is 5.47. The van der Waals surface area contributed by atoms with Crippen LogP contribution in [0.2, 0.25) is 0 Å². The van der Waals surface area contributed by atoms with Crippen molar-refractivity contribution in [3.63, 3.8) is 0 Å². The van der Waals surface area contributed by atoms with Gasteiger partial charge in [0.2, 0.25) is 15.8 Å². The van der Waals surface area contributed by atoms with E-state index >= 15 is 0 Å². The number of alkyl halides is 3. The zero-order valence-electron chi connectivity index (χ0n) is 17.5. The maximum atomic E-state index is 13.5. The highest BCUT2D eigenvalue weighted by molar-refractivity contribution is 7.89. The van der Waals surface area contributed by atoms with Crippen LogP contribution in [0, 0.1) is 0 Å². The van der Waals surface area contributed by atoms with Crippen molar-refractivity contribution in [2.24, 2.45) is 0 Å². The van der Waals surface area contributed by atoms with Gasteiger partial charge in [-0.2, -0.15) is 13.2 Å². The smallest absolute Gasteiger partial charge is 0.418 e. The standard InChI is InChI=1S/C23H18F3NO5S/c1-27(2)33(30,31)19-11-9-16(10-12-19)22(29)32-21(23(24,25)26)14-20(28)18-8-7-15-5-3-4-6-17(15)13-18/h3-14H,1-2H3. The van der Waals surface area contributed by atoms with Crippen molar-refractivity contribution in [1.29, 1.82) is 0 Å². The van der Waals surface area contributed by atoms with Crippen molar-refractivity contribution in [3.05, 3.63) is 89.7 Å². The fourth-order valence-electron chi connectivity index (χ4n) is 2.85. The number of benzene rings is 3. The molecule has 33 heavy (non-hydrogen) atoms. The number of halogens is 3.